The van der Waals surface area contributed by atoms with Gasteiger partial charge in [0.25, 0.3) is 5.91 Å². The van der Waals surface area contributed by atoms with E-state index in [0.29, 0.717) is 17.4 Å². The standard InChI is InChI=1S/C15H15ClN2O3S/c1-3-21-15(20)12-13(19)17-9(2)18(14(12)22)8-10-4-6-11(16)7-5-10/h4-7,12H,3,8H2,1-2H3. The highest BCUT2D eigenvalue weighted by molar-refractivity contribution is 7.80. The Bertz CT molecular complexity index is 643. The van der Waals surface area contributed by atoms with Gasteiger partial charge in [-0.1, -0.05) is 36.0 Å². The molecule has 116 valence electrons. The van der Waals surface area contributed by atoms with Crippen LogP contribution in [0.2, 0.25) is 5.02 Å². The van der Waals surface area contributed by atoms with E-state index in [1.807, 2.05) is 12.1 Å². The predicted octanol–water partition coefficient (Wildman–Crippen LogP) is 2.61. The Hall–Kier alpha value is -1.79. The molecule has 1 amide bonds. The van der Waals surface area contributed by atoms with Crippen LogP contribution in [0.4, 0.5) is 0 Å². The van der Waals surface area contributed by atoms with Crippen LogP contribution in [0, 0.1) is 5.92 Å². The molecule has 1 aliphatic heterocycles. The molecule has 0 saturated heterocycles. The van der Waals surface area contributed by atoms with Crippen LogP contribution in [0.5, 0.6) is 0 Å². The summed E-state index contributed by atoms with van der Waals surface area (Å²) in [7, 11) is 0. The number of benzene rings is 1. The minimum absolute atomic E-state index is 0.186. The van der Waals surface area contributed by atoms with E-state index in [4.69, 9.17) is 28.6 Å². The van der Waals surface area contributed by atoms with Gasteiger partial charge in [0.15, 0.2) is 5.92 Å². The van der Waals surface area contributed by atoms with Gasteiger partial charge in [0.05, 0.1) is 6.61 Å². The smallest absolute Gasteiger partial charge is 0.325 e. The Labute approximate surface area is 138 Å². The van der Waals surface area contributed by atoms with Gasteiger partial charge in [-0.3, -0.25) is 9.59 Å². The summed E-state index contributed by atoms with van der Waals surface area (Å²) >= 11 is 11.2. The molecular formula is C15H15ClN2O3S. The average molecular weight is 339 g/mol. The summed E-state index contributed by atoms with van der Waals surface area (Å²) in [6.45, 7) is 3.95. The highest BCUT2D eigenvalue weighted by Gasteiger charge is 2.39. The van der Waals surface area contributed by atoms with Crippen molar-refractivity contribution in [3.63, 3.8) is 0 Å². The topological polar surface area (TPSA) is 59.0 Å². The van der Waals surface area contributed by atoms with E-state index in [9.17, 15) is 9.59 Å². The highest BCUT2D eigenvalue weighted by atomic mass is 35.5. The maximum atomic E-state index is 12.0. The van der Waals surface area contributed by atoms with E-state index in [0.717, 1.165) is 5.56 Å². The van der Waals surface area contributed by atoms with Crippen molar-refractivity contribution in [1.29, 1.82) is 0 Å². The number of hydrogen-bond acceptors (Lipinski definition) is 4. The summed E-state index contributed by atoms with van der Waals surface area (Å²) in [5, 5.41) is 0.634. The van der Waals surface area contributed by atoms with Crippen LogP contribution in [-0.4, -0.2) is 34.2 Å². The number of amides is 1. The average Bonchev–Trinajstić information content (AvgIpc) is 2.45. The number of thiocarbonyl (C=S) groups is 1. The van der Waals surface area contributed by atoms with Crippen LogP contribution < -0.4 is 0 Å². The lowest BCUT2D eigenvalue weighted by Crippen LogP contribution is -2.48. The maximum absolute atomic E-state index is 12.0. The Kier molecular flexibility index (Phi) is 5.26. The van der Waals surface area contributed by atoms with E-state index in [1.54, 1.807) is 30.9 Å². The summed E-state index contributed by atoms with van der Waals surface area (Å²) in [5.41, 5.74) is 0.943. The zero-order chi connectivity index (χ0) is 16.3. The molecular weight excluding hydrogens is 324 g/mol. The van der Waals surface area contributed by atoms with Crippen molar-refractivity contribution in [3.8, 4) is 0 Å². The highest BCUT2D eigenvalue weighted by Crippen LogP contribution is 2.20. The molecule has 0 saturated carbocycles. The zero-order valence-corrected chi connectivity index (χ0v) is 13.8. The first-order valence-electron chi connectivity index (χ1n) is 6.75. The number of carbonyl (C=O) groups is 2. The van der Waals surface area contributed by atoms with Crippen LogP contribution in [0.3, 0.4) is 0 Å². The zero-order valence-electron chi connectivity index (χ0n) is 12.2. The number of halogens is 1. The second-order valence-corrected chi connectivity index (χ2v) is 5.59. The van der Waals surface area contributed by atoms with E-state index >= 15 is 0 Å². The number of nitrogens with zero attached hydrogens (tertiary/aromatic N) is 2. The van der Waals surface area contributed by atoms with Crippen molar-refractivity contribution >= 4 is 46.5 Å². The van der Waals surface area contributed by atoms with Gasteiger partial charge in [-0.25, -0.2) is 0 Å². The Morgan fingerprint density at radius 1 is 1.41 bits per heavy atom. The first kappa shape index (κ1) is 16.6. The third-order valence-corrected chi connectivity index (χ3v) is 3.91. The summed E-state index contributed by atoms with van der Waals surface area (Å²) in [4.78, 5) is 29.7. The molecule has 5 nitrogen and oxygen atoms in total. The van der Waals surface area contributed by atoms with Crippen molar-refractivity contribution < 1.29 is 14.3 Å². The first-order chi connectivity index (χ1) is 10.4. The van der Waals surface area contributed by atoms with Crippen LogP contribution in [-0.2, 0) is 20.9 Å². The second-order valence-electron chi connectivity index (χ2n) is 4.73. The van der Waals surface area contributed by atoms with Crippen LogP contribution in [0.1, 0.15) is 19.4 Å². The minimum Gasteiger partial charge on any atom is -0.465 e. The van der Waals surface area contributed by atoms with Gasteiger partial charge in [-0.15, -0.1) is 0 Å². The SMILES string of the molecule is CCOC(=O)C1C(=O)N=C(C)N(Cc2ccc(Cl)cc2)C1=S. The van der Waals surface area contributed by atoms with Gasteiger partial charge in [0.2, 0.25) is 0 Å². The molecule has 0 aliphatic carbocycles. The molecule has 0 N–H and O–H groups in total. The number of esters is 1. The molecule has 1 unspecified atom stereocenters. The van der Waals surface area contributed by atoms with Crippen LogP contribution in [0.25, 0.3) is 0 Å². The molecule has 1 heterocycles. The minimum atomic E-state index is -1.15. The van der Waals surface area contributed by atoms with Gasteiger partial charge < -0.3 is 9.64 Å². The molecule has 0 bridgehead atoms. The fraction of sp³-hybridized carbons (Fsp3) is 0.333. The fourth-order valence-corrected chi connectivity index (χ4v) is 2.62. The van der Waals surface area contributed by atoms with E-state index in [2.05, 4.69) is 4.99 Å². The molecule has 0 fully saturated rings. The van der Waals surface area contributed by atoms with Gasteiger partial charge in [-0.05, 0) is 31.5 Å². The fourth-order valence-electron chi connectivity index (χ4n) is 2.10. The number of carbonyl (C=O) groups excluding carboxylic acids is 2. The quantitative estimate of drug-likeness (QED) is 0.480. The molecule has 1 aromatic carbocycles. The Balaban J connectivity index is 2.25. The molecule has 0 aromatic heterocycles. The first-order valence-corrected chi connectivity index (χ1v) is 7.54. The van der Waals surface area contributed by atoms with Crippen molar-refractivity contribution in [2.75, 3.05) is 6.61 Å². The van der Waals surface area contributed by atoms with E-state index < -0.39 is 17.8 Å². The van der Waals surface area contributed by atoms with Gasteiger partial charge in [0.1, 0.15) is 10.8 Å². The van der Waals surface area contributed by atoms with Crippen LogP contribution >= 0.6 is 23.8 Å². The molecule has 1 aliphatic rings. The largest absolute Gasteiger partial charge is 0.465 e. The molecule has 1 aromatic rings. The van der Waals surface area contributed by atoms with E-state index in [-0.39, 0.29) is 11.6 Å². The third-order valence-electron chi connectivity index (χ3n) is 3.20. The number of aliphatic imine (C=N–C) groups is 1. The third kappa shape index (κ3) is 3.51. The number of hydrogen-bond donors (Lipinski definition) is 0. The summed E-state index contributed by atoms with van der Waals surface area (Å²) in [5.74, 6) is -1.92. The number of rotatable bonds is 4. The predicted molar refractivity (Wildman–Crippen MR) is 87.8 cm³/mol. The summed E-state index contributed by atoms with van der Waals surface area (Å²) in [6, 6.07) is 7.25. The van der Waals surface area contributed by atoms with Crippen molar-refractivity contribution in [1.82, 2.24) is 4.90 Å². The monoisotopic (exact) mass is 338 g/mol. The molecule has 22 heavy (non-hydrogen) atoms. The van der Waals surface area contributed by atoms with Crippen molar-refractivity contribution in [3.05, 3.63) is 34.9 Å². The van der Waals surface area contributed by atoms with Gasteiger partial charge in [-0.2, -0.15) is 4.99 Å². The lowest BCUT2D eigenvalue weighted by atomic mass is 10.1. The lowest BCUT2D eigenvalue weighted by Gasteiger charge is -2.31. The molecule has 2 rings (SSSR count). The van der Waals surface area contributed by atoms with Gasteiger partial charge in [0, 0.05) is 11.6 Å². The normalized spacial score (nSPS) is 18.2. The Morgan fingerprint density at radius 2 is 2.05 bits per heavy atom. The van der Waals surface area contributed by atoms with E-state index in [1.165, 1.54) is 0 Å². The number of amidine groups is 1. The number of ether oxygens (including phenoxy) is 1. The molecule has 7 heteroatoms. The summed E-state index contributed by atoms with van der Waals surface area (Å²) < 4.78 is 4.91. The summed E-state index contributed by atoms with van der Waals surface area (Å²) in [6.07, 6.45) is 0. The molecule has 0 radical (unpaired) electrons. The Morgan fingerprint density at radius 3 is 2.64 bits per heavy atom. The van der Waals surface area contributed by atoms with Crippen molar-refractivity contribution in [2.24, 2.45) is 10.9 Å². The maximum Gasteiger partial charge on any atom is 0.325 e. The second kappa shape index (κ2) is 6.98. The lowest BCUT2D eigenvalue weighted by molar-refractivity contribution is -0.148. The van der Waals surface area contributed by atoms with Crippen molar-refractivity contribution in [2.45, 2.75) is 20.4 Å². The van der Waals surface area contributed by atoms with Gasteiger partial charge >= 0.3 is 5.97 Å². The van der Waals surface area contributed by atoms with Crippen LogP contribution in [0.15, 0.2) is 29.3 Å². The molecule has 1 atom stereocenters. The molecule has 0 spiro atoms.